The summed E-state index contributed by atoms with van der Waals surface area (Å²) in [7, 11) is 1.55. The van der Waals surface area contributed by atoms with Crippen molar-refractivity contribution in [2.75, 3.05) is 20.3 Å². The first-order valence-electron chi connectivity index (χ1n) is 4.97. The van der Waals surface area contributed by atoms with E-state index in [1.807, 2.05) is 6.92 Å². The van der Waals surface area contributed by atoms with Crippen molar-refractivity contribution < 1.29 is 18.8 Å². The second kappa shape index (κ2) is 9.45. The first kappa shape index (κ1) is 15.2. The fourth-order valence-electron chi connectivity index (χ4n) is 0.854. The molecule has 0 heterocycles. The SMILES string of the molecule is C/C=C(\C=C/C(C)C(=O)OCCOC)SO. The zero-order valence-corrected chi connectivity index (χ0v) is 10.6. The third kappa shape index (κ3) is 6.66. The van der Waals surface area contributed by atoms with Gasteiger partial charge in [0.2, 0.25) is 0 Å². The van der Waals surface area contributed by atoms with Crippen LogP contribution in [0.4, 0.5) is 0 Å². The second-order valence-corrected chi connectivity index (χ2v) is 3.74. The van der Waals surface area contributed by atoms with Gasteiger partial charge in [0, 0.05) is 24.1 Å². The lowest BCUT2D eigenvalue weighted by atomic mass is 10.1. The second-order valence-electron chi connectivity index (χ2n) is 3.09. The Balaban J connectivity index is 4.04. The van der Waals surface area contributed by atoms with E-state index in [0.29, 0.717) is 23.6 Å². The van der Waals surface area contributed by atoms with Crippen molar-refractivity contribution >= 4 is 18.0 Å². The Labute approximate surface area is 101 Å². The van der Waals surface area contributed by atoms with Crippen molar-refractivity contribution in [3.8, 4) is 0 Å². The van der Waals surface area contributed by atoms with E-state index in [4.69, 9.17) is 14.0 Å². The zero-order chi connectivity index (χ0) is 12.4. The summed E-state index contributed by atoms with van der Waals surface area (Å²) in [5.74, 6) is -0.634. The molecule has 4 nitrogen and oxygen atoms in total. The van der Waals surface area contributed by atoms with Gasteiger partial charge in [-0.15, -0.1) is 0 Å². The minimum Gasteiger partial charge on any atom is -0.463 e. The van der Waals surface area contributed by atoms with Crippen molar-refractivity contribution in [2.45, 2.75) is 13.8 Å². The van der Waals surface area contributed by atoms with E-state index in [-0.39, 0.29) is 18.5 Å². The lowest BCUT2D eigenvalue weighted by molar-refractivity contribution is -0.147. The van der Waals surface area contributed by atoms with E-state index in [0.717, 1.165) is 0 Å². The summed E-state index contributed by atoms with van der Waals surface area (Å²) in [4.78, 5) is 12.1. The molecular weight excluding hydrogens is 228 g/mol. The smallest absolute Gasteiger partial charge is 0.312 e. The van der Waals surface area contributed by atoms with Crippen LogP contribution in [0, 0.1) is 5.92 Å². The molecule has 92 valence electrons. The number of allylic oxidation sites excluding steroid dienone is 2. The fourth-order valence-corrected chi connectivity index (χ4v) is 1.10. The number of carbonyl (C=O) groups excluding carboxylic acids is 1. The van der Waals surface area contributed by atoms with Gasteiger partial charge in [-0.3, -0.25) is 4.79 Å². The van der Waals surface area contributed by atoms with Gasteiger partial charge >= 0.3 is 5.97 Å². The van der Waals surface area contributed by atoms with Crippen LogP contribution in [0.1, 0.15) is 13.8 Å². The summed E-state index contributed by atoms with van der Waals surface area (Å²) in [5.41, 5.74) is 0. The van der Waals surface area contributed by atoms with Gasteiger partial charge in [0.1, 0.15) is 6.61 Å². The molecule has 0 aliphatic rings. The Morgan fingerprint density at radius 3 is 2.69 bits per heavy atom. The zero-order valence-electron chi connectivity index (χ0n) is 9.80. The maximum absolute atomic E-state index is 11.4. The van der Waals surface area contributed by atoms with Crippen molar-refractivity contribution in [3.05, 3.63) is 23.1 Å². The molecule has 0 aliphatic heterocycles. The number of carbonyl (C=O) groups is 1. The van der Waals surface area contributed by atoms with Crippen LogP contribution >= 0.6 is 12.0 Å². The Kier molecular flexibility index (Phi) is 8.99. The highest BCUT2D eigenvalue weighted by molar-refractivity contribution is 7.97. The van der Waals surface area contributed by atoms with Crippen molar-refractivity contribution in [2.24, 2.45) is 5.92 Å². The third-order valence-corrected chi connectivity index (χ3v) is 2.43. The maximum Gasteiger partial charge on any atom is 0.312 e. The van der Waals surface area contributed by atoms with Gasteiger partial charge < -0.3 is 14.0 Å². The molecular formula is C11H18O4S. The summed E-state index contributed by atoms with van der Waals surface area (Å²) in [6.45, 7) is 4.21. The standard InChI is InChI=1S/C11H18O4S/c1-4-10(16-13)6-5-9(2)11(12)15-8-7-14-3/h4-6,9,13H,7-8H2,1-3H3/b6-5-,10-4+. The van der Waals surface area contributed by atoms with Crippen LogP contribution in [0.15, 0.2) is 23.1 Å². The quantitative estimate of drug-likeness (QED) is 0.324. The van der Waals surface area contributed by atoms with Crippen LogP contribution in [0.2, 0.25) is 0 Å². The molecule has 0 aliphatic carbocycles. The highest BCUT2D eigenvalue weighted by Gasteiger charge is 2.10. The summed E-state index contributed by atoms with van der Waals surface area (Å²) < 4.78 is 18.5. The van der Waals surface area contributed by atoms with E-state index in [1.165, 1.54) is 0 Å². The lowest BCUT2D eigenvalue weighted by Crippen LogP contribution is -2.15. The van der Waals surface area contributed by atoms with Gasteiger partial charge in [-0.2, -0.15) is 0 Å². The minimum absolute atomic E-state index is 0.263. The van der Waals surface area contributed by atoms with Crippen LogP contribution in [-0.4, -0.2) is 30.8 Å². The summed E-state index contributed by atoms with van der Waals surface area (Å²) in [6, 6.07) is 0. The van der Waals surface area contributed by atoms with E-state index in [9.17, 15) is 4.79 Å². The number of rotatable bonds is 7. The van der Waals surface area contributed by atoms with Crippen LogP contribution < -0.4 is 0 Å². The summed E-state index contributed by atoms with van der Waals surface area (Å²) in [6.07, 6.45) is 5.13. The van der Waals surface area contributed by atoms with Gasteiger partial charge in [0.15, 0.2) is 0 Å². The number of hydrogen-bond donors (Lipinski definition) is 1. The molecule has 0 rings (SSSR count). The number of esters is 1. The largest absolute Gasteiger partial charge is 0.463 e. The van der Waals surface area contributed by atoms with E-state index in [2.05, 4.69) is 0 Å². The Hall–Kier alpha value is -0.780. The molecule has 0 spiro atoms. The van der Waals surface area contributed by atoms with E-state index < -0.39 is 0 Å². The predicted molar refractivity (Wildman–Crippen MR) is 65.1 cm³/mol. The Morgan fingerprint density at radius 1 is 1.50 bits per heavy atom. The molecule has 0 aromatic carbocycles. The Morgan fingerprint density at radius 2 is 2.19 bits per heavy atom. The highest BCUT2D eigenvalue weighted by atomic mass is 32.2. The van der Waals surface area contributed by atoms with Gasteiger partial charge in [-0.25, -0.2) is 0 Å². The molecule has 5 heteroatoms. The molecule has 0 aromatic rings. The number of ether oxygens (including phenoxy) is 2. The average molecular weight is 246 g/mol. The van der Waals surface area contributed by atoms with Crippen LogP contribution in [0.5, 0.6) is 0 Å². The molecule has 0 bridgehead atoms. The minimum atomic E-state index is -0.334. The first-order valence-corrected chi connectivity index (χ1v) is 5.74. The summed E-state index contributed by atoms with van der Waals surface area (Å²) in [5, 5.41) is 0. The normalized spacial score (nSPS) is 14.1. The third-order valence-electron chi connectivity index (χ3n) is 1.84. The molecule has 1 unspecified atom stereocenters. The van der Waals surface area contributed by atoms with Crippen LogP contribution in [0.25, 0.3) is 0 Å². The number of methoxy groups -OCH3 is 1. The first-order chi connectivity index (χ1) is 7.65. The van der Waals surface area contributed by atoms with E-state index >= 15 is 0 Å². The fraction of sp³-hybridized carbons (Fsp3) is 0.545. The molecule has 0 aromatic heterocycles. The van der Waals surface area contributed by atoms with Crippen molar-refractivity contribution in [1.82, 2.24) is 0 Å². The van der Waals surface area contributed by atoms with Crippen molar-refractivity contribution in [3.63, 3.8) is 0 Å². The highest BCUT2D eigenvalue weighted by Crippen LogP contribution is 2.13. The molecule has 1 atom stereocenters. The molecule has 0 fully saturated rings. The van der Waals surface area contributed by atoms with Crippen molar-refractivity contribution in [1.29, 1.82) is 0 Å². The number of hydrogen-bond acceptors (Lipinski definition) is 5. The molecule has 16 heavy (non-hydrogen) atoms. The molecule has 0 amide bonds. The van der Waals surface area contributed by atoms with Gasteiger partial charge in [-0.1, -0.05) is 12.2 Å². The molecule has 0 radical (unpaired) electrons. The maximum atomic E-state index is 11.4. The van der Waals surface area contributed by atoms with E-state index in [1.54, 1.807) is 32.3 Å². The lowest BCUT2D eigenvalue weighted by Gasteiger charge is -2.07. The molecule has 0 saturated heterocycles. The Bertz CT molecular complexity index is 261. The van der Waals surface area contributed by atoms with Crippen LogP contribution in [0.3, 0.4) is 0 Å². The predicted octanol–water partition coefficient (Wildman–Crippen LogP) is 2.48. The van der Waals surface area contributed by atoms with Gasteiger partial charge in [-0.05, 0) is 19.9 Å². The molecule has 0 saturated carbocycles. The van der Waals surface area contributed by atoms with Gasteiger partial charge in [0.25, 0.3) is 0 Å². The topological polar surface area (TPSA) is 55.8 Å². The van der Waals surface area contributed by atoms with Gasteiger partial charge in [0.05, 0.1) is 12.5 Å². The molecule has 1 N–H and O–H groups in total. The monoisotopic (exact) mass is 246 g/mol. The summed E-state index contributed by atoms with van der Waals surface area (Å²) >= 11 is 0.647. The average Bonchev–Trinajstić information content (AvgIpc) is 2.30. The van der Waals surface area contributed by atoms with Crippen LogP contribution in [-0.2, 0) is 14.3 Å².